The number of carbonyl (C=O) groups excluding carboxylic acids is 1. The number of ether oxygens (including phenoxy) is 1. The number of anilines is 1. The van der Waals surface area contributed by atoms with Crippen molar-refractivity contribution in [3.05, 3.63) is 77.6 Å². The number of urea groups is 1. The minimum absolute atomic E-state index is 0.106. The van der Waals surface area contributed by atoms with E-state index in [2.05, 4.69) is 46.3 Å². The Hall–Kier alpha value is -3.62. The predicted molar refractivity (Wildman–Crippen MR) is 142 cm³/mol. The smallest absolute Gasteiger partial charge is 0.321 e. The van der Waals surface area contributed by atoms with E-state index in [0.717, 1.165) is 42.2 Å². The molecule has 0 atom stereocenters. The van der Waals surface area contributed by atoms with E-state index < -0.39 is 0 Å². The maximum atomic E-state index is 12.8. The summed E-state index contributed by atoms with van der Waals surface area (Å²) in [6.07, 6.45) is 3.47. The number of nitrogens with zero attached hydrogens (tertiary/aromatic N) is 5. The molecule has 0 spiro atoms. The van der Waals surface area contributed by atoms with Gasteiger partial charge in [-0.2, -0.15) is 5.10 Å². The third-order valence-electron chi connectivity index (χ3n) is 6.19. The van der Waals surface area contributed by atoms with Gasteiger partial charge in [0.15, 0.2) is 5.65 Å². The minimum atomic E-state index is -0.106. The molecular weight excluding hydrogens is 476 g/mol. The zero-order valence-corrected chi connectivity index (χ0v) is 21.2. The molecule has 5 rings (SSSR count). The van der Waals surface area contributed by atoms with Crippen LogP contribution in [0.5, 0.6) is 11.5 Å². The summed E-state index contributed by atoms with van der Waals surface area (Å²) in [7, 11) is 0. The van der Waals surface area contributed by atoms with Gasteiger partial charge in [0.1, 0.15) is 11.5 Å². The molecule has 1 saturated heterocycles. The molecule has 1 aliphatic rings. The number of rotatable bonds is 6. The minimum Gasteiger partial charge on any atom is -0.457 e. The molecule has 0 unspecified atom stereocenters. The van der Waals surface area contributed by atoms with Gasteiger partial charge in [0.25, 0.3) is 0 Å². The van der Waals surface area contributed by atoms with E-state index in [1.807, 2.05) is 52.0 Å². The van der Waals surface area contributed by atoms with Gasteiger partial charge in [-0.1, -0.05) is 23.7 Å². The van der Waals surface area contributed by atoms with Gasteiger partial charge in [-0.15, -0.1) is 0 Å². The fraction of sp³-hybridized carbons (Fsp3) is 0.296. The number of hydrogen-bond acceptors (Lipinski definition) is 5. The highest BCUT2D eigenvalue weighted by atomic mass is 35.5. The predicted octanol–water partition coefficient (Wildman–Crippen LogP) is 5.81. The van der Waals surface area contributed by atoms with E-state index in [9.17, 15) is 4.79 Å². The number of nitrogens with one attached hydrogen (secondary N) is 1. The van der Waals surface area contributed by atoms with Gasteiger partial charge in [-0.3, -0.25) is 4.90 Å². The number of aromatic nitrogens is 3. The number of piperazine rings is 1. The molecule has 0 saturated carbocycles. The van der Waals surface area contributed by atoms with E-state index >= 15 is 0 Å². The lowest BCUT2D eigenvalue weighted by atomic mass is 10.2. The molecule has 1 fully saturated rings. The third kappa shape index (κ3) is 5.61. The first-order chi connectivity index (χ1) is 17.4. The maximum absolute atomic E-state index is 12.8. The fourth-order valence-corrected chi connectivity index (χ4v) is 4.43. The van der Waals surface area contributed by atoms with Crippen molar-refractivity contribution in [1.82, 2.24) is 24.6 Å². The lowest BCUT2D eigenvalue weighted by molar-refractivity contribution is 0.143. The molecular formula is C27H29ClN6O2. The topological polar surface area (TPSA) is 75.5 Å². The zero-order chi connectivity index (χ0) is 25.1. The Bertz CT molecular complexity index is 1350. The molecule has 0 bridgehead atoms. The molecule has 8 nitrogen and oxygen atoms in total. The Labute approximate surface area is 215 Å². The zero-order valence-electron chi connectivity index (χ0n) is 20.4. The van der Waals surface area contributed by atoms with Crippen molar-refractivity contribution < 1.29 is 9.53 Å². The van der Waals surface area contributed by atoms with Crippen molar-refractivity contribution in [2.45, 2.75) is 26.4 Å². The third-order valence-corrected chi connectivity index (χ3v) is 6.44. The van der Waals surface area contributed by atoms with Crippen LogP contribution in [0.1, 0.15) is 25.5 Å². The summed E-state index contributed by atoms with van der Waals surface area (Å²) in [6.45, 7) is 7.85. The summed E-state index contributed by atoms with van der Waals surface area (Å²) in [4.78, 5) is 21.5. The van der Waals surface area contributed by atoms with Crippen LogP contribution in [0.2, 0.25) is 5.02 Å². The summed E-state index contributed by atoms with van der Waals surface area (Å²) in [5, 5.41) is 8.97. The van der Waals surface area contributed by atoms with Crippen molar-refractivity contribution in [3.8, 4) is 11.5 Å². The quantitative estimate of drug-likeness (QED) is 0.359. The van der Waals surface area contributed by atoms with Gasteiger partial charge in [0.05, 0.1) is 18.1 Å². The van der Waals surface area contributed by atoms with Crippen LogP contribution in [-0.4, -0.2) is 56.8 Å². The van der Waals surface area contributed by atoms with Crippen LogP contribution in [0.15, 0.2) is 67.0 Å². The Morgan fingerprint density at radius 3 is 2.56 bits per heavy atom. The van der Waals surface area contributed by atoms with Crippen LogP contribution in [0.3, 0.4) is 0 Å². The van der Waals surface area contributed by atoms with Gasteiger partial charge in [-0.05, 0) is 61.9 Å². The molecule has 4 aromatic rings. The molecule has 9 heteroatoms. The van der Waals surface area contributed by atoms with Gasteiger partial charge < -0.3 is 15.0 Å². The normalized spacial score (nSPS) is 14.4. The van der Waals surface area contributed by atoms with Crippen LogP contribution in [0, 0.1) is 0 Å². The second-order valence-electron chi connectivity index (χ2n) is 9.22. The van der Waals surface area contributed by atoms with Crippen molar-refractivity contribution in [1.29, 1.82) is 0 Å². The summed E-state index contributed by atoms with van der Waals surface area (Å²) in [5.74, 6) is 1.54. The second-order valence-corrected chi connectivity index (χ2v) is 9.65. The number of hydrogen-bond donors (Lipinski definition) is 1. The number of amides is 2. The molecule has 2 amide bonds. The first kappa shape index (κ1) is 24.1. The highest BCUT2D eigenvalue weighted by Crippen LogP contribution is 2.25. The van der Waals surface area contributed by atoms with Crippen LogP contribution < -0.4 is 10.1 Å². The van der Waals surface area contributed by atoms with Crippen molar-refractivity contribution in [2.75, 3.05) is 31.5 Å². The highest BCUT2D eigenvalue weighted by Gasteiger charge is 2.21. The highest BCUT2D eigenvalue weighted by molar-refractivity contribution is 6.30. The number of halogens is 1. The summed E-state index contributed by atoms with van der Waals surface area (Å²) < 4.78 is 7.83. The standard InChI is InChI=1S/C27H29ClN6O2/c1-19(2)34-26-21(16-30-34)15-23(17-29-26)31-27(35)33-12-10-32(11-13-33)18-20-4-3-5-25(14-20)36-24-8-6-22(28)7-9-24/h3-9,14-17,19H,10-13,18H2,1-2H3,(H,31,35). The summed E-state index contributed by atoms with van der Waals surface area (Å²) >= 11 is 5.95. The number of benzene rings is 2. The molecule has 2 aromatic heterocycles. The van der Waals surface area contributed by atoms with Crippen LogP contribution >= 0.6 is 11.6 Å². The fourth-order valence-electron chi connectivity index (χ4n) is 4.30. The lowest BCUT2D eigenvalue weighted by Gasteiger charge is -2.34. The number of pyridine rings is 1. The number of carbonyl (C=O) groups is 1. The van der Waals surface area contributed by atoms with Crippen molar-refractivity contribution in [2.24, 2.45) is 0 Å². The largest absolute Gasteiger partial charge is 0.457 e. The molecule has 1 aliphatic heterocycles. The molecule has 1 N–H and O–H groups in total. The monoisotopic (exact) mass is 504 g/mol. The molecule has 186 valence electrons. The van der Waals surface area contributed by atoms with E-state index in [-0.39, 0.29) is 12.1 Å². The van der Waals surface area contributed by atoms with E-state index in [4.69, 9.17) is 16.3 Å². The van der Waals surface area contributed by atoms with Crippen LogP contribution in [0.25, 0.3) is 11.0 Å². The number of fused-ring (bicyclic) bond motifs is 1. The van der Waals surface area contributed by atoms with Crippen molar-refractivity contribution >= 4 is 34.4 Å². The van der Waals surface area contributed by atoms with E-state index in [1.165, 1.54) is 5.56 Å². The average Bonchev–Trinajstić information content (AvgIpc) is 3.30. The van der Waals surface area contributed by atoms with Crippen molar-refractivity contribution in [3.63, 3.8) is 0 Å². The van der Waals surface area contributed by atoms with Crippen LogP contribution in [-0.2, 0) is 6.54 Å². The summed E-state index contributed by atoms with van der Waals surface area (Å²) in [5.41, 5.74) is 2.66. The van der Waals surface area contributed by atoms with Gasteiger partial charge in [0.2, 0.25) is 0 Å². The SMILES string of the molecule is CC(C)n1ncc2cc(NC(=O)N3CCN(Cc4cccc(Oc5ccc(Cl)cc5)c4)CC3)cnc21. The Balaban J connectivity index is 1.13. The molecule has 0 aliphatic carbocycles. The Kier molecular flexibility index (Phi) is 7.06. The Morgan fingerprint density at radius 2 is 1.81 bits per heavy atom. The molecule has 0 radical (unpaired) electrons. The van der Waals surface area contributed by atoms with Gasteiger partial charge >= 0.3 is 6.03 Å². The first-order valence-corrected chi connectivity index (χ1v) is 12.5. The van der Waals surface area contributed by atoms with Gasteiger partial charge in [-0.25, -0.2) is 14.5 Å². The van der Waals surface area contributed by atoms with E-state index in [0.29, 0.717) is 23.8 Å². The lowest BCUT2D eigenvalue weighted by Crippen LogP contribution is -2.49. The Morgan fingerprint density at radius 1 is 1.03 bits per heavy atom. The first-order valence-electron chi connectivity index (χ1n) is 12.1. The van der Waals surface area contributed by atoms with Crippen LogP contribution in [0.4, 0.5) is 10.5 Å². The van der Waals surface area contributed by atoms with E-state index in [1.54, 1.807) is 12.4 Å². The molecule has 3 heterocycles. The average molecular weight is 505 g/mol. The summed E-state index contributed by atoms with van der Waals surface area (Å²) in [6, 6.07) is 17.5. The molecule has 36 heavy (non-hydrogen) atoms. The maximum Gasteiger partial charge on any atom is 0.321 e. The van der Waals surface area contributed by atoms with Gasteiger partial charge in [0, 0.05) is 49.2 Å². The second kappa shape index (κ2) is 10.6. The molecule has 2 aromatic carbocycles.